The van der Waals surface area contributed by atoms with Crippen LogP contribution in [-0.2, 0) is 25.6 Å². The Labute approximate surface area is 198 Å². The van der Waals surface area contributed by atoms with Crippen molar-refractivity contribution in [3.8, 4) is 5.75 Å². The van der Waals surface area contributed by atoms with Gasteiger partial charge in [-0.3, -0.25) is 14.4 Å². The first-order chi connectivity index (χ1) is 16.0. The lowest BCUT2D eigenvalue weighted by Gasteiger charge is -2.25. The van der Waals surface area contributed by atoms with Crippen LogP contribution in [0.4, 0.5) is 0 Å². The van der Waals surface area contributed by atoms with Gasteiger partial charge < -0.3 is 42.7 Å². The van der Waals surface area contributed by atoms with Crippen molar-refractivity contribution in [1.29, 1.82) is 0 Å². The molecule has 1 aromatic rings. The number of nitrogens with two attached hydrogens (primary N) is 2. The van der Waals surface area contributed by atoms with Gasteiger partial charge in [-0.25, -0.2) is 4.79 Å². The minimum Gasteiger partial charge on any atom is -0.508 e. The van der Waals surface area contributed by atoms with E-state index in [0.29, 0.717) is 24.9 Å². The van der Waals surface area contributed by atoms with E-state index < -0.39 is 54.0 Å². The lowest BCUT2D eigenvalue weighted by atomic mass is 10.0. The Kier molecular flexibility index (Phi) is 12.0. The summed E-state index contributed by atoms with van der Waals surface area (Å²) in [5.41, 5.74) is 12.0. The number of hydrogen-bond acceptors (Lipinski definition) is 8. The fourth-order valence-electron chi connectivity index (χ4n) is 3.06. The van der Waals surface area contributed by atoms with Crippen LogP contribution < -0.4 is 27.4 Å². The number of amides is 3. The van der Waals surface area contributed by atoms with E-state index in [4.69, 9.17) is 11.5 Å². The second kappa shape index (κ2) is 14.1. The average molecular weight is 482 g/mol. The smallest absolute Gasteiger partial charge is 0.326 e. The summed E-state index contributed by atoms with van der Waals surface area (Å²) in [5, 5.41) is 35.7. The summed E-state index contributed by atoms with van der Waals surface area (Å²) in [7, 11) is 0. The Balaban J connectivity index is 2.69. The summed E-state index contributed by atoms with van der Waals surface area (Å²) < 4.78 is 0. The molecule has 12 nitrogen and oxygen atoms in total. The van der Waals surface area contributed by atoms with E-state index >= 15 is 0 Å². The number of aliphatic carboxylic acids is 1. The van der Waals surface area contributed by atoms with Crippen LogP contribution >= 0.6 is 0 Å². The number of aromatic hydroxyl groups is 1. The SMILES string of the molecule is CC(NC(=O)C(NC(=O)C(N)Cc1ccc(O)cc1)C(C)O)C(=O)NC(CCCCN)C(=O)O. The van der Waals surface area contributed by atoms with Crippen molar-refractivity contribution in [2.24, 2.45) is 11.5 Å². The molecule has 1 rings (SSSR count). The molecule has 190 valence electrons. The fraction of sp³-hybridized carbons (Fsp3) is 0.545. The highest BCUT2D eigenvalue weighted by atomic mass is 16.4. The number of benzene rings is 1. The second-order valence-electron chi connectivity index (χ2n) is 8.12. The number of aliphatic hydroxyl groups excluding tert-OH is 1. The maximum absolute atomic E-state index is 12.6. The van der Waals surface area contributed by atoms with Crippen molar-refractivity contribution in [3.63, 3.8) is 0 Å². The third-order valence-electron chi connectivity index (χ3n) is 5.10. The van der Waals surface area contributed by atoms with Gasteiger partial charge in [-0.05, 0) is 63.8 Å². The topological polar surface area (TPSA) is 217 Å². The Morgan fingerprint density at radius 1 is 0.941 bits per heavy atom. The van der Waals surface area contributed by atoms with E-state index in [0.717, 1.165) is 0 Å². The molecule has 0 aliphatic heterocycles. The van der Waals surface area contributed by atoms with Crippen molar-refractivity contribution in [1.82, 2.24) is 16.0 Å². The number of phenolic OH excluding ortho intramolecular Hbond substituents is 1. The maximum atomic E-state index is 12.6. The summed E-state index contributed by atoms with van der Waals surface area (Å²) in [4.78, 5) is 48.8. The molecule has 34 heavy (non-hydrogen) atoms. The first kappa shape index (κ1) is 28.8. The predicted molar refractivity (Wildman–Crippen MR) is 123 cm³/mol. The summed E-state index contributed by atoms with van der Waals surface area (Å²) in [6.45, 7) is 3.04. The lowest BCUT2D eigenvalue weighted by Crippen LogP contribution is -2.59. The third-order valence-corrected chi connectivity index (χ3v) is 5.10. The molecule has 5 unspecified atom stereocenters. The zero-order chi connectivity index (χ0) is 25.8. The molecule has 0 aromatic heterocycles. The zero-order valence-electron chi connectivity index (χ0n) is 19.4. The number of nitrogens with one attached hydrogen (secondary N) is 3. The van der Waals surface area contributed by atoms with Gasteiger partial charge >= 0.3 is 5.97 Å². The van der Waals surface area contributed by atoms with Crippen molar-refractivity contribution >= 4 is 23.7 Å². The molecule has 0 saturated carbocycles. The molecule has 5 atom stereocenters. The fourth-order valence-corrected chi connectivity index (χ4v) is 3.06. The largest absolute Gasteiger partial charge is 0.508 e. The van der Waals surface area contributed by atoms with E-state index in [-0.39, 0.29) is 18.6 Å². The van der Waals surface area contributed by atoms with Gasteiger partial charge in [0.2, 0.25) is 17.7 Å². The zero-order valence-corrected chi connectivity index (χ0v) is 19.4. The lowest BCUT2D eigenvalue weighted by molar-refractivity contribution is -0.142. The summed E-state index contributed by atoms with van der Waals surface area (Å²) in [5.74, 6) is -3.40. The summed E-state index contributed by atoms with van der Waals surface area (Å²) >= 11 is 0. The Morgan fingerprint density at radius 3 is 2.09 bits per heavy atom. The Hall–Kier alpha value is -3.22. The molecule has 1 aromatic carbocycles. The third kappa shape index (κ3) is 9.73. The number of rotatable bonds is 14. The van der Waals surface area contributed by atoms with Crippen LogP contribution in [0.2, 0.25) is 0 Å². The van der Waals surface area contributed by atoms with E-state index in [1.165, 1.54) is 26.0 Å². The monoisotopic (exact) mass is 481 g/mol. The molecule has 0 spiro atoms. The molecular weight excluding hydrogens is 446 g/mol. The van der Waals surface area contributed by atoms with Crippen LogP contribution in [-0.4, -0.2) is 75.8 Å². The number of carbonyl (C=O) groups is 4. The van der Waals surface area contributed by atoms with Crippen LogP contribution in [0.15, 0.2) is 24.3 Å². The van der Waals surface area contributed by atoms with Crippen LogP contribution in [0.25, 0.3) is 0 Å². The van der Waals surface area contributed by atoms with Crippen molar-refractivity contribution in [2.45, 2.75) is 69.8 Å². The molecule has 0 radical (unpaired) electrons. The predicted octanol–water partition coefficient (Wildman–Crippen LogP) is -1.67. The van der Waals surface area contributed by atoms with Crippen LogP contribution in [0.5, 0.6) is 5.75 Å². The van der Waals surface area contributed by atoms with E-state index in [1.54, 1.807) is 12.1 Å². The number of hydrogen-bond donors (Lipinski definition) is 8. The average Bonchev–Trinajstić information content (AvgIpc) is 2.77. The summed E-state index contributed by atoms with van der Waals surface area (Å²) in [6, 6.07) is 1.40. The van der Waals surface area contributed by atoms with Crippen LogP contribution in [0, 0.1) is 0 Å². The molecule has 10 N–H and O–H groups in total. The molecule has 0 fully saturated rings. The molecule has 0 saturated heterocycles. The minimum atomic E-state index is -1.39. The summed E-state index contributed by atoms with van der Waals surface area (Å²) in [6.07, 6.45) is 0.124. The molecule has 0 bridgehead atoms. The number of carboxylic acid groups (broad SMARTS) is 1. The van der Waals surface area contributed by atoms with Gasteiger partial charge in [0.25, 0.3) is 0 Å². The molecule has 12 heteroatoms. The normalized spacial score (nSPS) is 15.3. The quantitative estimate of drug-likeness (QED) is 0.142. The van der Waals surface area contributed by atoms with Crippen molar-refractivity contribution in [3.05, 3.63) is 29.8 Å². The number of aliphatic hydroxyl groups is 1. The second-order valence-corrected chi connectivity index (χ2v) is 8.12. The molecule has 0 heterocycles. The number of unbranched alkanes of at least 4 members (excludes halogenated alkanes) is 1. The molecule has 3 amide bonds. The van der Waals surface area contributed by atoms with Gasteiger partial charge in [0.05, 0.1) is 12.1 Å². The standard InChI is InChI=1S/C22H35N5O7/c1-12(19(30)26-17(22(33)34)5-3-4-10-23)25-21(32)18(13(2)28)27-20(31)16(24)11-14-6-8-15(29)9-7-14/h6-9,12-13,16-18,28-29H,3-5,10-11,23-24H2,1-2H3,(H,25,32)(H,26,30)(H,27,31)(H,33,34). The maximum Gasteiger partial charge on any atom is 0.326 e. The highest BCUT2D eigenvalue weighted by Gasteiger charge is 2.30. The van der Waals surface area contributed by atoms with Crippen LogP contribution in [0.3, 0.4) is 0 Å². The van der Waals surface area contributed by atoms with Crippen LogP contribution in [0.1, 0.15) is 38.7 Å². The highest BCUT2D eigenvalue weighted by Crippen LogP contribution is 2.11. The van der Waals surface area contributed by atoms with Gasteiger partial charge in [0.15, 0.2) is 0 Å². The van der Waals surface area contributed by atoms with Crippen molar-refractivity contribution < 1.29 is 34.5 Å². The Bertz CT molecular complexity index is 831. The Morgan fingerprint density at radius 2 is 1.56 bits per heavy atom. The molecular formula is C22H35N5O7. The number of carboxylic acids is 1. The molecule has 0 aliphatic carbocycles. The van der Waals surface area contributed by atoms with Gasteiger partial charge in [-0.15, -0.1) is 0 Å². The molecule has 0 aliphatic rings. The van der Waals surface area contributed by atoms with Gasteiger partial charge in [-0.2, -0.15) is 0 Å². The van der Waals surface area contributed by atoms with Crippen molar-refractivity contribution in [2.75, 3.05) is 6.54 Å². The highest BCUT2D eigenvalue weighted by molar-refractivity contribution is 5.94. The van der Waals surface area contributed by atoms with E-state index in [1.807, 2.05) is 0 Å². The first-order valence-corrected chi connectivity index (χ1v) is 11.0. The van der Waals surface area contributed by atoms with Gasteiger partial charge in [0, 0.05) is 0 Å². The first-order valence-electron chi connectivity index (χ1n) is 11.0. The number of carbonyl (C=O) groups excluding carboxylic acids is 3. The van der Waals surface area contributed by atoms with E-state index in [9.17, 15) is 34.5 Å². The van der Waals surface area contributed by atoms with Gasteiger partial charge in [-0.1, -0.05) is 12.1 Å². The van der Waals surface area contributed by atoms with Gasteiger partial charge in [0.1, 0.15) is 23.9 Å². The number of phenols is 1. The minimum absolute atomic E-state index is 0.0657. The van der Waals surface area contributed by atoms with E-state index in [2.05, 4.69) is 16.0 Å².